The van der Waals surface area contributed by atoms with E-state index in [-0.39, 0.29) is 12.5 Å². The molecule has 138 valence electrons. The molecule has 4 aromatic carbocycles. The van der Waals surface area contributed by atoms with E-state index in [4.69, 9.17) is 16.3 Å². The van der Waals surface area contributed by atoms with Crippen molar-refractivity contribution in [3.05, 3.63) is 96.0 Å². The van der Waals surface area contributed by atoms with E-state index >= 15 is 0 Å². The Morgan fingerprint density at radius 3 is 2.32 bits per heavy atom. The van der Waals surface area contributed by atoms with Crippen LogP contribution in [0.4, 0.5) is 5.69 Å². The predicted octanol–water partition coefficient (Wildman–Crippen LogP) is 6.18. The van der Waals surface area contributed by atoms with Crippen molar-refractivity contribution in [3.63, 3.8) is 0 Å². The Hall–Kier alpha value is -3.30. The average molecular weight is 388 g/mol. The van der Waals surface area contributed by atoms with E-state index in [9.17, 15) is 4.79 Å². The van der Waals surface area contributed by atoms with Crippen LogP contribution in [0.3, 0.4) is 0 Å². The fraction of sp³-hybridized carbons (Fsp3) is 0.0417. The molecule has 3 nitrogen and oxygen atoms in total. The van der Waals surface area contributed by atoms with Gasteiger partial charge in [-0.15, -0.1) is 0 Å². The summed E-state index contributed by atoms with van der Waals surface area (Å²) in [6.45, 7) is -0.114. The van der Waals surface area contributed by atoms with Crippen LogP contribution in [0.1, 0.15) is 0 Å². The van der Waals surface area contributed by atoms with Crippen molar-refractivity contribution in [1.82, 2.24) is 0 Å². The van der Waals surface area contributed by atoms with Crippen molar-refractivity contribution in [2.45, 2.75) is 0 Å². The van der Waals surface area contributed by atoms with Gasteiger partial charge in [0.1, 0.15) is 5.75 Å². The molecule has 0 atom stereocenters. The maximum atomic E-state index is 12.2. The minimum atomic E-state index is -0.238. The fourth-order valence-electron chi connectivity index (χ4n) is 3.04. The first-order chi connectivity index (χ1) is 13.7. The van der Waals surface area contributed by atoms with E-state index in [2.05, 4.69) is 5.32 Å². The highest BCUT2D eigenvalue weighted by Gasteiger charge is 2.08. The van der Waals surface area contributed by atoms with Gasteiger partial charge in [0.15, 0.2) is 6.61 Å². The number of benzene rings is 4. The number of carbonyl (C=O) groups excluding carboxylic acids is 1. The van der Waals surface area contributed by atoms with E-state index in [0.717, 1.165) is 27.6 Å². The molecule has 0 unspecified atom stereocenters. The summed E-state index contributed by atoms with van der Waals surface area (Å²) >= 11 is 6.33. The van der Waals surface area contributed by atoms with Crippen LogP contribution in [-0.2, 0) is 4.79 Å². The molecule has 1 amide bonds. The average Bonchev–Trinajstić information content (AvgIpc) is 2.73. The zero-order valence-electron chi connectivity index (χ0n) is 15.1. The summed E-state index contributed by atoms with van der Waals surface area (Å²) in [6, 6.07) is 29.3. The van der Waals surface area contributed by atoms with Gasteiger partial charge in [-0.05, 0) is 46.2 Å². The van der Waals surface area contributed by atoms with Gasteiger partial charge in [0.2, 0.25) is 0 Å². The number of amides is 1. The van der Waals surface area contributed by atoms with Gasteiger partial charge in [-0.25, -0.2) is 0 Å². The van der Waals surface area contributed by atoms with Crippen LogP contribution in [-0.4, -0.2) is 12.5 Å². The topological polar surface area (TPSA) is 38.3 Å². The van der Waals surface area contributed by atoms with Crippen molar-refractivity contribution in [3.8, 4) is 16.9 Å². The van der Waals surface area contributed by atoms with E-state index in [1.54, 1.807) is 6.07 Å². The molecule has 0 aliphatic carbocycles. The third-order valence-corrected chi connectivity index (χ3v) is 4.73. The van der Waals surface area contributed by atoms with E-state index in [1.165, 1.54) is 0 Å². The Morgan fingerprint density at radius 1 is 0.786 bits per heavy atom. The zero-order valence-corrected chi connectivity index (χ0v) is 15.8. The van der Waals surface area contributed by atoms with Crippen molar-refractivity contribution >= 4 is 34.0 Å². The first kappa shape index (κ1) is 18.1. The van der Waals surface area contributed by atoms with Gasteiger partial charge >= 0.3 is 0 Å². The molecule has 0 aliphatic heterocycles. The molecule has 0 aromatic heterocycles. The van der Waals surface area contributed by atoms with Crippen LogP contribution in [0, 0.1) is 0 Å². The van der Waals surface area contributed by atoms with Gasteiger partial charge in [-0.1, -0.05) is 78.3 Å². The summed E-state index contributed by atoms with van der Waals surface area (Å²) < 4.78 is 5.61. The smallest absolute Gasteiger partial charge is 0.262 e. The SMILES string of the molecule is O=C(COc1ccc(-c2ccccc2)cc1Cl)Nc1ccc2ccccc2c1. The Morgan fingerprint density at radius 2 is 1.54 bits per heavy atom. The lowest BCUT2D eigenvalue weighted by atomic mass is 10.1. The van der Waals surface area contributed by atoms with E-state index < -0.39 is 0 Å². The highest BCUT2D eigenvalue weighted by Crippen LogP contribution is 2.30. The van der Waals surface area contributed by atoms with Gasteiger partial charge in [0.05, 0.1) is 5.02 Å². The van der Waals surface area contributed by atoms with Gasteiger partial charge in [0.25, 0.3) is 5.91 Å². The zero-order chi connectivity index (χ0) is 19.3. The lowest BCUT2D eigenvalue weighted by molar-refractivity contribution is -0.118. The number of hydrogen-bond donors (Lipinski definition) is 1. The Kier molecular flexibility index (Phi) is 5.27. The lowest BCUT2D eigenvalue weighted by Gasteiger charge is -2.11. The van der Waals surface area contributed by atoms with Crippen LogP contribution in [0.5, 0.6) is 5.75 Å². The quantitative estimate of drug-likeness (QED) is 0.444. The maximum Gasteiger partial charge on any atom is 0.262 e. The monoisotopic (exact) mass is 387 g/mol. The number of rotatable bonds is 5. The molecule has 0 saturated carbocycles. The largest absolute Gasteiger partial charge is 0.482 e. The molecule has 0 spiro atoms. The fourth-order valence-corrected chi connectivity index (χ4v) is 3.27. The molecule has 4 heteroatoms. The van der Waals surface area contributed by atoms with Crippen molar-refractivity contribution in [2.75, 3.05) is 11.9 Å². The third-order valence-electron chi connectivity index (χ3n) is 4.43. The second kappa shape index (κ2) is 8.15. The number of nitrogens with one attached hydrogen (secondary N) is 1. The van der Waals surface area contributed by atoms with Crippen LogP contribution in [0.25, 0.3) is 21.9 Å². The molecule has 0 saturated heterocycles. The van der Waals surface area contributed by atoms with E-state index in [0.29, 0.717) is 10.8 Å². The molecule has 28 heavy (non-hydrogen) atoms. The third kappa shape index (κ3) is 4.16. The number of ether oxygens (including phenoxy) is 1. The second-order valence-corrected chi connectivity index (χ2v) is 6.82. The summed E-state index contributed by atoms with van der Waals surface area (Å²) in [7, 11) is 0. The molecule has 0 aliphatic rings. The highest BCUT2D eigenvalue weighted by atomic mass is 35.5. The molecular weight excluding hydrogens is 370 g/mol. The highest BCUT2D eigenvalue weighted by molar-refractivity contribution is 6.32. The van der Waals surface area contributed by atoms with Crippen molar-refractivity contribution in [2.24, 2.45) is 0 Å². The molecule has 0 bridgehead atoms. The summed E-state index contributed by atoms with van der Waals surface area (Å²) in [6.07, 6.45) is 0. The van der Waals surface area contributed by atoms with Gasteiger partial charge in [-0.2, -0.15) is 0 Å². The Labute approximate surface area is 168 Å². The molecule has 4 aromatic rings. The second-order valence-electron chi connectivity index (χ2n) is 6.41. The molecular formula is C24H18ClNO2. The number of hydrogen-bond acceptors (Lipinski definition) is 2. The van der Waals surface area contributed by atoms with Gasteiger partial charge < -0.3 is 10.1 Å². The molecule has 0 fully saturated rings. The van der Waals surface area contributed by atoms with Crippen molar-refractivity contribution < 1.29 is 9.53 Å². The lowest BCUT2D eigenvalue weighted by Crippen LogP contribution is -2.20. The van der Waals surface area contributed by atoms with Crippen LogP contribution in [0.2, 0.25) is 5.02 Å². The van der Waals surface area contributed by atoms with Crippen LogP contribution >= 0.6 is 11.6 Å². The normalized spacial score (nSPS) is 10.6. The maximum absolute atomic E-state index is 12.2. The summed E-state index contributed by atoms with van der Waals surface area (Å²) in [5.74, 6) is 0.244. The number of fused-ring (bicyclic) bond motifs is 1. The van der Waals surface area contributed by atoms with Gasteiger partial charge in [-0.3, -0.25) is 4.79 Å². The molecule has 0 radical (unpaired) electrons. The number of carbonyl (C=O) groups is 1. The minimum absolute atomic E-state index is 0.114. The minimum Gasteiger partial charge on any atom is -0.482 e. The molecule has 0 heterocycles. The molecule has 1 N–H and O–H groups in total. The van der Waals surface area contributed by atoms with Crippen LogP contribution < -0.4 is 10.1 Å². The number of halogens is 1. The van der Waals surface area contributed by atoms with Crippen molar-refractivity contribution in [1.29, 1.82) is 0 Å². The first-order valence-electron chi connectivity index (χ1n) is 8.95. The predicted molar refractivity (Wildman–Crippen MR) is 115 cm³/mol. The van der Waals surface area contributed by atoms with E-state index in [1.807, 2.05) is 84.9 Å². The number of anilines is 1. The summed E-state index contributed by atoms with van der Waals surface area (Å²) in [4.78, 5) is 12.2. The summed E-state index contributed by atoms with van der Waals surface area (Å²) in [5.41, 5.74) is 2.81. The Bertz CT molecular complexity index is 1130. The van der Waals surface area contributed by atoms with Gasteiger partial charge in [0, 0.05) is 5.69 Å². The summed E-state index contributed by atoms with van der Waals surface area (Å²) in [5, 5.41) is 5.52. The van der Waals surface area contributed by atoms with Crippen LogP contribution in [0.15, 0.2) is 91.0 Å². The first-order valence-corrected chi connectivity index (χ1v) is 9.33. The Balaban J connectivity index is 1.40. The standard InChI is InChI=1S/C24H18ClNO2/c25-22-15-20(17-6-2-1-3-7-17)11-13-23(22)28-16-24(27)26-21-12-10-18-8-4-5-9-19(18)14-21/h1-15H,16H2,(H,26,27). The molecule has 4 rings (SSSR count).